The predicted octanol–water partition coefficient (Wildman–Crippen LogP) is 2.08. The quantitative estimate of drug-likeness (QED) is 0.613. The summed E-state index contributed by atoms with van der Waals surface area (Å²) < 4.78 is 60.1. The van der Waals surface area contributed by atoms with Crippen LogP contribution in [0, 0.1) is 20.8 Å². The van der Waals surface area contributed by atoms with E-state index in [1.54, 1.807) is 19.1 Å². The van der Waals surface area contributed by atoms with Crippen LogP contribution in [0.4, 0.5) is 5.69 Å². The van der Waals surface area contributed by atoms with Crippen LogP contribution in [-0.2, 0) is 24.8 Å². The Morgan fingerprint density at radius 1 is 1.09 bits per heavy atom. The Balaban J connectivity index is 1.77. The first kappa shape index (κ1) is 24.4. The molecule has 1 aromatic heterocycles. The lowest BCUT2D eigenvalue weighted by Gasteiger charge is -2.26. The molecule has 1 amide bonds. The molecular weight excluding hydrogens is 456 g/mol. The molecule has 1 aliphatic rings. The number of carbonyl (C=O) groups is 1. The number of hydrogen-bond donors (Lipinski definition) is 2. The van der Waals surface area contributed by atoms with Crippen molar-refractivity contribution in [3.8, 4) is 0 Å². The highest BCUT2D eigenvalue weighted by molar-refractivity contribution is 7.89. The number of aryl methyl sites for hydroxylation is 3. The highest BCUT2D eigenvalue weighted by Gasteiger charge is 2.30. The third kappa shape index (κ3) is 5.03. The van der Waals surface area contributed by atoms with Crippen molar-refractivity contribution in [2.45, 2.75) is 62.8 Å². The molecule has 0 aliphatic carbocycles. The molecule has 176 valence electrons. The molecule has 0 saturated carbocycles. The van der Waals surface area contributed by atoms with Crippen LogP contribution in [0.15, 0.2) is 32.5 Å². The predicted molar refractivity (Wildman–Crippen MR) is 118 cm³/mol. The highest BCUT2D eigenvalue weighted by Crippen LogP contribution is 2.26. The smallest absolute Gasteiger partial charge is 0.246 e. The number of piperidine rings is 1. The van der Waals surface area contributed by atoms with E-state index in [0.29, 0.717) is 18.7 Å². The molecule has 1 aromatic carbocycles. The van der Waals surface area contributed by atoms with E-state index in [2.05, 4.69) is 15.2 Å². The summed E-state index contributed by atoms with van der Waals surface area (Å²) in [5, 5.41) is 6.22. The summed E-state index contributed by atoms with van der Waals surface area (Å²) in [7, 11) is -7.72. The number of nitrogens with zero attached hydrogens (tertiary/aromatic N) is 2. The van der Waals surface area contributed by atoms with E-state index in [1.165, 1.54) is 31.1 Å². The zero-order valence-electron chi connectivity index (χ0n) is 18.5. The molecule has 2 aromatic rings. The molecule has 2 heterocycles. The van der Waals surface area contributed by atoms with E-state index in [4.69, 9.17) is 4.52 Å². The van der Waals surface area contributed by atoms with Crippen LogP contribution in [0.5, 0.6) is 0 Å². The molecule has 0 unspecified atom stereocenters. The summed E-state index contributed by atoms with van der Waals surface area (Å²) in [5.41, 5.74) is 1.02. The first-order valence-electron chi connectivity index (χ1n) is 10.3. The van der Waals surface area contributed by atoms with Crippen molar-refractivity contribution in [1.82, 2.24) is 14.2 Å². The van der Waals surface area contributed by atoms with Gasteiger partial charge in [0.1, 0.15) is 10.6 Å². The first-order chi connectivity index (χ1) is 14.9. The maximum Gasteiger partial charge on any atom is 0.246 e. The van der Waals surface area contributed by atoms with E-state index in [0.717, 1.165) is 19.3 Å². The Labute approximate surface area is 188 Å². The second-order valence-corrected chi connectivity index (χ2v) is 11.5. The summed E-state index contributed by atoms with van der Waals surface area (Å²) in [4.78, 5) is 12.7. The van der Waals surface area contributed by atoms with Crippen molar-refractivity contribution < 1.29 is 26.2 Å². The van der Waals surface area contributed by atoms with Crippen LogP contribution >= 0.6 is 0 Å². The lowest BCUT2D eigenvalue weighted by molar-refractivity contribution is -0.117. The minimum absolute atomic E-state index is 0.109. The molecule has 12 heteroatoms. The molecule has 10 nitrogen and oxygen atoms in total. The van der Waals surface area contributed by atoms with E-state index in [1.807, 2.05) is 0 Å². The number of benzene rings is 1. The van der Waals surface area contributed by atoms with Crippen LogP contribution in [0.3, 0.4) is 0 Å². The summed E-state index contributed by atoms with van der Waals surface area (Å²) >= 11 is 0. The van der Waals surface area contributed by atoms with Crippen molar-refractivity contribution in [1.29, 1.82) is 0 Å². The summed E-state index contributed by atoms with van der Waals surface area (Å²) in [5.74, 6) is -0.515. The van der Waals surface area contributed by atoms with Gasteiger partial charge in [0.25, 0.3) is 0 Å². The molecule has 1 atom stereocenters. The lowest BCUT2D eigenvalue weighted by atomic mass is 10.2. The molecular formula is C20H28N4O6S2. The normalized spacial score (nSPS) is 16.6. The van der Waals surface area contributed by atoms with Gasteiger partial charge in [-0.25, -0.2) is 16.8 Å². The van der Waals surface area contributed by atoms with E-state index >= 15 is 0 Å². The number of rotatable bonds is 7. The number of sulfonamides is 2. The Bertz CT molecular complexity index is 1200. The second-order valence-electron chi connectivity index (χ2n) is 7.93. The highest BCUT2D eigenvalue weighted by atomic mass is 32.2. The van der Waals surface area contributed by atoms with E-state index < -0.39 is 32.0 Å². The fourth-order valence-electron chi connectivity index (χ4n) is 3.65. The number of carbonyl (C=O) groups excluding carboxylic acids is 1. The van der Waals surface area contributed by atoms with Gasteiger partial charge in [-0.2, -0.15) is 9.03 Å². The van der Waals surface area contributed by atoms with Crippen LogP contribution in [0.1, 0.15) is 43.2 Å². The molecule has 0 radical (unpaired) electrons. The van der Waals surface area contributed by atoms with Gasteiger partial charge < -0.3 is 9.84 Å². The molecule has 3 rings (SSSR count). The Morgan fingerprint density at radius 2 is 1.75 bits per heavy atom. The maximum atomic E-state index is 13.1. The summed E-state index contributed by atoms with van der Waals surface area (Å²) in [6.07, 6.45) is 2.64. The molecule has 0 spiro atoms. The SMILES string of the molecule is Cc1ccc(NC(=O)[C@H](C)NS(=O)(=O)c2c(C)noc2C)cc1S(=O)(=O)N1CCCCC1. The molecule has 1 aliphatic heterocycles. The number of nitrogens with one attached hydrogen (secondary N) is 2. The molecule has 32 heavy (non-hydrogen) atoms. The van der Waals surface area contributed by atoms with Gasteiger partial charge in [-0.3, -0.25) is 4.79 Å². The molecule has 1 fully saturated rings. The maximum absolute atomic E-state index is 13.1. The van der Waals surface area contributed by atoms with Crippen molar-refractivity contribution in [2.24, 2.45) is 0 Å². The van der Waals surface area contributed by atoms with Gasteiger partial charge >= 0.3 is 0 Å². The summed E-state index contributed by atoms with van der Waals surface area (Å²) in [6.45, 7) is 6.99. The second kappa shape index (κ2) is 9.30. The van der Waals surface area contributed by atoms with Crippen molar-refractivity contribution in [3.05, 3.63) is 35.2 Å². The van der Waals surface area contributed by atoms with Gasteiger partial charge in [-0.05, 0) is 58.2 Å². The third-order valence-corrected chi connectivity index (χ3v) is 9.18. The lowest BCUT2D eigenvalue weighted by Crippen LogP contribution is -2.41. The molecule has 1 saturated heterocycles. The van der Waals surface area contributed by atoms with Gasteiger partial charge in [-0.15, -0.1) is 0 Å². The topological polar surface area (TPSA) is 139 Å². The Hall–Kier alpha value is -2.28. The first-order valence-corrected chi connectivity index (χ1v) is 13.2. The number of hydrogen-bond acceptors (Lipinski definition) is 7. The van der Waals surface area contributed by atoms with Gasteiger partial charge in [0.05, 0.1) is 10.9 Å². The minimum atomic E-state index is -4.04. The van der Waals surface area contributed by atoms with Gasteiger partial charge in [0.2, 0.25) is 26.0 Å². The van der Waals surface area contributed by atoms with Gasteiger partial charge in [0, 0.05) is 18.8 Å². The fraction of sp³-hybridized carbons (Fsp3) is 0.500. The van der Waals surface area contributed by atoms with Crippen LogP contribution < -0.4 is 10.0 Å². The summed E-state index contributed by atoms with van der Waals surface area (Å²) in [6, 6.07) is 3.48. The Morgan fingerprint density at radius 3 is 2.34 bits per heavy atom. The van der Waals surface area contributed by atoms with Gasteiger partial charge in [0.15, 0.2) is 5.76 Å². The number of amides is 1. The monoisotopic (exact) mass is 484 g/mol. The van der Waals surface area contributed by atoms with Crippen molar-refractivity contribution in [3.63, 3.8) is 0 Å². The standard InChI is InChI=1S/C20H28N4O6S2/c1-13-8-9-17(12-18(13)32(28,29)24-10-6-5-7-11-24)21-20(25)15(3)23-31(26,27)19-14(2)22-30-16(19)4/h8-9,12,15,23H,5-7,10-11H2,1-4H3,(H,21,25)/t15-/m0/s1. The van der Waals surface area contributed by atoms with Crippen LogP contribution in [0.2, 0.25) is 0 Å². The number of aromatic nitrogens is 1. The Kier molecular flexibility index (Phi) is 7.08. The average molecular weight is 485 g/mol. The molecule has 0 bridgehead atoms. The van der Waals surface area contributed by atoms with Crippen LogP contribution in [-0.4, -0.2) is 51.3 Å². The minimum Gasteiger partial charge on any atom is -0.360 e. The van der Waals surface area contributed by atoms with E-state index in [9.17, 15) is 21.6 Å². The van der Waals surface area contributed by atoms with Crippen LogP contribution in [0.25, 0.3) is 0 Å². The van der Waals surface area contributed by atoms with Gasteiger partial charge in [-0.1, -0.05) is 17.6 Å². The fourth-order valence-corrected chi connectivity index (χ4v) is 6.95. The van der Waals surface area contributed by atoms with Crippen molar-refractivity contribution >= 4 is 31.6 Å². The van der Waals surface area contributed by atoms with Crippen molar-refractivity contribution in [2.75, 3.05) is 18.4 Å². The zero-order chi connectivity index (χ0) is 23.7. The third-order valence-electron chi connectivity index (χ3n) is 5.35. The van der Waals surface area contributed by atoms with E-state index in [-0.39, 0.29) is 26.9 Å². The number of anilines is 1. The average Bonchev–Trinajstić information content (AvgIpc) is 3.08. The zero-order valence-corrected chi connectivity index (χ0v) is 20.1. The largest absolute Gasteiger partial charge is 0.360 e. The molecule has 2 N–H and O–H groups in total.